The molecule has 0 bridgehead atoms. The molecule has 1 aromatic rings. The average Bonchev–Trinajstić information content (AvgIpc) is 2.30. The van der Waals surface area contributed by atoms with E-state index in [1.54, 1.807) is 18.2 Å². The van der Waals surface area contributed by atoms with Gasteiger partial charge in [-0.05, 0) is 18.9 Å². The summed E-state index contributed by atoms with van der Waals surface area (Å²) in [6.07, 6.45) is 1.33. The molecule has 2 N–H and O–H groups in total. The molecule has 1 heterocycles. The summed E-state index contributed by atoms with van der Waals surface area (Å²) in [4.78, 5) is 11.8. The Morgan fingerprint density at radius 1 is 1.37 bits per heavy atom. The summed E-state index contributed by atoms with van der Waals surface area (Å²) >= 11 is 0. The van der Waals surface area contributed by atoms with Crippen molar-refractivity contribution in [3.05, 3.63) is 29.8 Å². The summed E-state index contributed by atoms with van der Waals surface area (Å²) in [5.41, 5.74) is 0.540. The minimum absolute atomic E-state index is 0.0134. The zero-order chi connectivity index (χ0) is 13.9. The lowest BCUT2D eigenvalue weighted by Gasteiger charge is -2.23. The second-order valence-corrected chi connectivity index (χ2v) is 7.06. The standard InChI is InChI=1S/C13H17NO4S/c15-12-6-2-1-4-10(12)8-13(16)14-11-5-3-7-19(17,18)9-11/h1-2,4,6,11,15H,3,5,7-9H2,(H,14,16). The van der Waals surface area contributed by atoms with Crippen LogP contribution in [0.2, 0.25) is 0 Å². The second-order valence-electron chi connectivity index (χ2n) is 4.83. The number of hydrogen-bond acceptors (Lipinski definition) is 4. The van der Waals surface area contributed by atoms with Gasteiger partial charge in [-0.2, -0.15) is 0 Å². The Hall–Kier alpha value is -1.56. The van der Waals surface area contributed by atoms with E-state index in [0.29, 0.717) is 18.4 Å². The molecular weight excluding hydrogens is 266 g/mol. The maximum Gasteiger partial charge on any atom is 0.224 e. The SMILES string of the molecule is O=C(Cc1ccccc1O)NC1CCCS(=O)(=O)C1. The lowest BCUT2D eigenvalue weighted by molar-refractivity contribution is -0.121. The van der Waals surface area contributed by atoms with Crippen molar-refractivity contribution in [1.82, 2.24) is 5.32 Å². The van der Waals surface area contributed by atoms with Crippen molar-refractivity contribution in [2.45, 2.75) is 25.3 Å². The summed E-state index contributed by atoms with van der Waals surface area (Å²) in [5, 5.41) is 12.3. The van der Waals surface area contributed by atoms with Gasteiger partial charge in [0.2, 0.25) is 5.91 Å². The molecule has 0 aliphatic carbocycles. The van der Waals surface area contributed by atoms with Crippen molar-refractivity contribution < 1.29 is 18.3 Å². The van der Waals surface area contributed by atoms with Gasteiger partial charge in [0.1, 0.15) is 5.75 Å². The molecule has 1 fully saturated rings. The molecule has 0 spiro atoms. The fourth-order valence-electron chi connectivity index (χ4n) is 2.25. The van der Waals surface area contributed by atoms with E-state index in [9.17, 15) is 18.3 Å². The maximum absolute atomic E-state index is 11.8. The number of benzene rings is 1. The van der Waals surface area contributed by atoms with Crippen LogP contribution >= 0.6 is 0 Å². The van der Waals surface area contributed by atoms with Crippen LogP contribution in [0.15, 0.2) is 24.3 Å². The summed E-state index contributed by atoms with van der Waals surface area (Å²) in [6.45, 7) is 0. The van der Waals surface area contributed by atoms with Crippen LogP contribution in [-0.4, -0.2) is 37.0 Å². The normalized spacial score (nSPS) is 21.8. The number of phenols is 1. The third kappa shape index (κ3) is 3.96. The molecule has 1 atom stereocenters. The van der Waals surface area contributed by atoms with Gasteiger partial charge in [0.25, 0.3) is 0 Å². The quantitative estimate of drug-likeness (QED) is 0.852. The fraction of sp³-hybridized carbons (Fsp3) is 0.462. The van der Waals surface area contributed by atoms with E-state index >= 15 is 0 Å². The topological polar surface area (TPSA) is 83.5 Å². The van der Waals surface area contributed by atoms with E-state index in [-0.39, 0.29) is 35.6 Å². The molecule has 0 aromatic heterocycles. The Kier molecular flexibility index (Phi) is 4.09. The number of para-hydroxylation sites is 1. The van der Waals surface area contributed by atoms with Crippen LogP contribution in [-0.2, 0) is 21.1 Å². The van der Waals surface area contributed by atoms with E-state index in [4.69, 9.17) is 0 Å². The first kappa shape index (κ1) is 13.9. The van der Waals surface area contributed by atoms with Crippen molar-refractivity contribution in [1.29, 1.82) is 0 Å². The van der Waals surface area contributed by atoms with Crippen molar-refractivity contribution >= 4 is 15.7 Å². The van der Waals surface area contributed by atoms with Crippen LogP contribution in [0.25, 0.3) is 0 Å². The fourth-order valence-corrected chi connectivity index (χ4v) is 3.88. The lowest BCUT2D eigenvalue weighted by atomic mass is 10.1. The molecule has 1 aliphatic rings. The Balaban J connectivity index is 1.93. The first-order valence-electron chi connectivity index (χ1n) is 6.23. The molecule has 104 valence electrons. The first-order valence-corrected chi connectivity index (χ1v) is 8.05. The number of hydrogen-bond donors (Lipinski definition) is 2. The Morgan fingerprint density at radius 2 is 2.11 bits per heavy atom. The second kappa shape index (κ2) is 5.61. The van der Waals surface area contributed by atoms with Crippen molar-refractivity contribution in [3.8, 4) is 5.75 Å². The number of sulfone groups is 1. The van der Waals surface area contributed by atoms with Crippen LogP contribution < -0.4 is 5.32 Å². The molecule has 0 saturated carbocycles. The van der Waals surface area contributed by atoms with Crippen molar-refractivity contribution in [2.75, 3.05) is 11.5 Å². The monoisotopic (exact) mass is 283 g/mol. The Labute approximate surface area is 112 Å². The third-order valence-electron chi connectivity index (χ3n) is 3.17. The molecule has 1 saturated heterocycles. The van der Waals surface area contributed by atoms with E-state index in [0.717, 1.165) is 0 Å². The maximum atomic E-state index is 11.8. The molecule has 1 aliphatic heterocycles. The van der Waals surface area contributed by atoms with Gasteiger partial charge in [-0.25, -0.2) is 8.42 Å². The van der Waals surface area contributed by atoms with Crippen LogP contribution in [0.1, 0.15) is 18.4 Å². The predicted molar refractivity (Wildman–Crippen MR) is 71.6 cm³/mol. The largest absolute Gasteiger partial charge is 0.508 e. The highest BCUT2D eigenvalue weighted by molar-refractivity contribution is 7.91. The minimum atomic E-state index is -3.02. The number of aromatic hydroxyl groups is 1. The average molecular weight is 283 g/mol. The summed E-state index contributed by atoms with van der Waals surface area (Å²) in [5.74, 6) is 0.0377. The summed E-state index contributed by atoms with van der Waals surface area (Å²) in [7, 11) is -3.02. The Morgan fingerprint density at radius 3 is 2.79 bits per heavy atom. The van der Waals surface area contributed by atoms with Gasteiger partial charge in [-0.15, -0.1) is 0 Å². The molecule has 0 radical (unpaired) electrons. The number of nitrogens with one attached hydrogen (secondary N) is 1. The van der Waals surface area contributed by atoms with E-state index in [2.05, 4.69) is 5.32 Å². The van der Waals surface area contributed by atoms with Gasteiger partial charge in [0.15, 0.2) is 9.84 Å². The molecule has 2 rings (SSSR count). The van der Waals surface area contributed by atoms with Gasteiger partial charge in [0.05, 0.1) is 17.9 Å². The first-order chi connectivity index (χ1) is 8.96. The Bertz CT molecular complexity index is 568. The molecule has 1 aromatic carbocycles. The van der Waals surface area contributed by atoms with Crippen LogP contribution in [0, 0.1) is 0 Å². The molecule has 5 nitrogen and oxygen atoms in total. The van der Waals surface area contributed by atoms with Gasteiger partial charge in [0, 0.05) is 11.6 Å². The zero-order valence-electron chi connectivity index (χ0n) is 10.5. The van der Waals surface area contributed by atoms with Crippen LogP contribution in [0.5, 0.6) is 5.75 Å². The van der Waals surface area contributed by atoms with E-state index < -0.39 is 9.84 Å². The number of carbonyl (C=O) groups is 1. The smallest absolute Gasteiger partial charge is 0.224 e. The molecular formula is C13H17NO4S. The highest BCUT2D eigenvalue weighted by Gasteiger charge is 2.25. The number of carbonyl (C=O) groups excluding carboxylic acids is 1. The van der Waals surface area contributed by atoms with E-state index in [1.807, 2.05) is 0 Å². The molecule has 6 heteroatoms. The predicted octanol–water partition coefficient (Wildman–Crippen LogP) is 0.628. The van der Waals surface area contributed by atoms with Gasteiger partial charge >= 0.3 is 0 Å². The molecule has 1 unspecified atom stereocenters. The summed E-state index contributed by atoms with van der Waals surface area (Å²) in [6, 6.07) is 6.31. The van der Waals surface area contributed by atoms with E-state index in [1.165, 1.54) is 6.07 Å². The van der Waals surface area contributed by atoms with Gasteiger partial charge in [-0.1, -0.05) is 18.2 Å². The number of amides is 1. The van der Waals surface area contributed by atoms with Crippen LogP contribution in [0.3, 0.4) is 0 Å². The van der Waals surface area contributed by atoms with Crippen molar-refractivity contribution in [3.63, 3.8) is 0 Å². The van der Waals surface area contributed by atoms with Crippen molar-refractivity contribution in [2.24, 2.45) is 0 Å². The van der Waals surface area contributed by atoms with Gasteiger partial charge < -0.3 is 10.4 Å². The zero-order valence-corrected chi connectivity index (χ0v) is 11.3. The molecule has 19 heavy (non-hydrogen) atoms. The van der Waals surface area contributed by atoms with Crippen LogP contribution in [0.4, 0.5) is 0 Å². The lowest BCUT2D eigenvalue weighted by Crippen LogP contribution is -2.43. The minimum Gasteiger partial charge on any atom is -0.508 e. The number of phenolic OH excluding ortho intramolecular Hbond substituents is 1. The highest BCUT2D eigenvalue weighted by Crippen LogP contribution is 2.17. The highest BCUT2D eigenvalue weighted by atomic mass is 32.2. The van der Waals surface area contributed by atoms with Gasteiger partial charge in [-0.3, -0.25) is 4.79 Å². The number of rotatable bonds is 3. The molecule has 1 amide bonds. The summed E-state index contributed by atoms with van der Waals surface area (Å²) < 4.78 is 22.9. The third-order valence-corrected chi connectivity index (χ3v) is 4.99.